The van der Waals surface area contributed by atoms with Crippen molar-refractivity contribution in [3.8, 4) is 17.0 Å². The number of benzene rings is 1. The minimum atomic E-state index is -0.127. The van der Waals surface area contributed by atoms with Crippen LogP contribution in [-0.2, 0) is 11.3 Å². The molecule has 4 heterocycles. The van der Waals surface area contributed by atoms with Gasteiger partial charge in [-0.3, -0.25) is 9.69 Å². The molecule has 7 heteroatoms. The van der Waals surface area contributed by atoms with Gasteiger partial charge in [-0.05, 0) is 62.3 Å². The number of fused-ring (bicyclic) bond motifs is 2. The van der Waals surface area contributed by atoms with Gasteiger partial charge in [-0.25, -0.2) is 4.98 Å². The van der Waals surface area contributed by atoms with Crippen molar-refractivity contribution in [3.63, 3.8) is 0 Å². The molecular weight excluding hydrogens is 366 g/mol. The fraction of sp³-hybridized carbons (Fsp3) is 0.364. The molecule has 7 nitrogen and oxygen atoms in total. The Balaban J connectivity index is 1.59. The molecule has 0 saturated carbocycles. The van der Waals surface area contributed by atoms with E-state index in [4.69, 9.17) is 9.72 Å². The number of nitrogens with zero attached hydrogens (tertiary/aromatic N) is 3. The molecule has 150 valence electrons. The number of hydrogen-bond acceptors (Lipinski definition) is 5. The number of aromatic nitrogens is 2. The van der Waals surface area contributed by atoms with Crippen molar-refractivity contribution in [2.75, 3.05) is 38.1 Å². The number of ether oxygens (including phenoxy) is 1. The molecule has 0 spiro atoms. The highest BCUT2D eigenvalue weighted by atomic mass is 16.5. The van der Waals surface area contributed by atoms with Crippen molar-refractivity contribution in [2.45, 2.75) is 19.9 Å². The van der Waals surface area contributed by atoms with Gasteiger partial charge in [0.2, 0.25) is 0 Å². The van der Waals surface area contributed by atoms with Crippen LogP contribution in [0.1, 0.15) is 17.7 Å². The number of aryl methyl sites for hydroxylation is 1. The highest BCUT2D eigenvalue weighted by Crippen LogP contribution is 2.34. The van der Waals surface area contributed by atoms with Gasteiger partial charge in [0.05, 0.1) is 17.1 Å². The summed E-state index contributed by atoms with van der Waals surface area (Å²) < 4.78 is 7.70. The predicted molar refractivity (Wildman–Crippen MR) is 112 cm³/mol. The van der Waals surface area contributed by atoms with E-state index in [9.17, 15) is 4.79 Å². The second kappa shape index (κ2) is 7.50. The number of amides is 1. The molecule has 0 radical (unpaired) electrons. The Labute approximate surface area is 169 Å². The standard InChI is InChI=1S/C22H25N5O2/c1-15-5-9-27-18(13-26-8-2-6-23-7-10-26)22(25-20(27)11-15)16-3-4-19-17(12-16)24-21(28)14-29-19/h3-5,9,11-12,23H,2,6-8,10,13-14H2,1H3,(H,24,28). The Morgan fingerprint density at radius 3 is 3.03 bits per heavy atom. The van der Waals surface area contributed by atoms with Crippen LogP contribution < -0.4 is 15.4 Å². The molecule has 0 bridgehead atoms. The normalized spacial score (nSPS) is 17.5. The van der Waals surface area contributed by atoms with E-state index in [1.807, 2.05) is 18.2 Å². The first-order valence-corrected chi connectivity index (χ1v) is 10.1. The fourth-order valence-electron chi connectivity index (χ4n) is 4.08. The monoisotopic (exact) mass is 391 g/mol. The molecule has 1 aromatic carbocycles. The van der Waals surface area contributed by atoms with Gasteiger partial charge in [0.15, 0.2) is 6.61 Å². The molecule has 29 heavy (non-hydrogen) atoms. The Hall–Kier alpha value is -2.90. The maximum Gasteiger partial charge on any atom is 0.262 e. The Morgan fingerprint density at radius 1 is 1.17 bits per heavy atom. The minimum Gasteiger partial charge on any atom is -0.482 e. The molecule has 0 atom stereocenters. The zero-order valence-electron chi connectivity index (χ0n) is 16.6. The van der Waals surface area contributed by atoms with Gasteiger partial charge in [-0.1, -0.05) is 0 Å². The molecule has 2 aromatic heterocycles. The molecule has 0 unspecified atom stereocenters. The Bertz CT molecular complexity index is 1070. The van der Waals surface area contributed by atoms with E-state index in [1.165, 1.54) is 11.3 Å². The summed E-state index contributed by atoms with van der Waals surface area (Å²) in [6.07, 6.45) is 3.25. The van der Waals surface area contributed by atoms with E-state index in [1.54, 1.807) is 0 Å². The fourth-order valence-corrected chi connectivity index (χ4v) is 4.08. The lowest BCUT2D eigenvalue weighted by molar-refractivity contribution is -0.118. The average Bonchev–Trinajstić information content (AvgIpc) is 2.88. The van der Waals surface area contributed by atoms with Gasteiger partial charge in [0.1, 0.15) is 11.4 Å². The van der Waals surface area contributed by atoms with Crippen LogP contribution >= 0.6 is 0 Å². The molecule has 5 rings (SSSR count). The summed E-state index contributed by atoms with van der Waals surface area (Å²) in [7, 11) is 0. The second-order valence-electron chi connectivity index (χ2n) is 7.77. The molecule has 2 aliphatic heterocycles. The lowest BCUT2D eigenvalue weighted by Gasteiger charge is -2.21. The zero-order valence-corrected chi connectivity index (χ0v) is 16.6. The largest absolute Gasteiger partial charge is 0.482 e. The number of carbonyl (C=O) groups excluding carboxylic acids is 1. The quantitative estimate of drug-likeness (QED) is 0.718. The lowest BCUT2D eigenvalue weighted by Crippen LogP contribution is -2.28. The van der Waals surface area contributed by atoms with E-state index < -0.39 is 0 Å². The summed E-state index contributed by atoms with van der Waals surface area (Å²) >= 11 is 0. The highest BCUT2D eigenvalue weighted by molar-refractivity contribution is 5.96. The lowest BCUT2D eigenvalue weighted by atomic mass is 10.1. The van der Waals surface area contributed by atoms with Crippen LogP contribution in [-0.4, -0.2) is 53.0 Å². The molecule has 3 aromatic rings. The van der Waals surface area contributed by atoms with Crippen molar-refractivity contribution in [2.24, 2.45) is 0 Å². The van der Waals surface area contributed by atoms with E-state index in [0.29, 0.717) is 11.4 Å². The average molecular weight is 391 g/mol. The van der Waals surface area contributed by atoms with Crippen LogP contribution in [0, 0.1) is 6.92 Å². The number of anilines is 1. The second-order valence-corrected chi connectivity index (χ2v) is 7.77. The van der Waals surface area contributed by atoms with Crippen LogP contribution in [0.25, 0.3) is 16.9 Å². The van der Waals surface area contributed by atoms with Gasteiger partial charge in [-0.15, -0.1) is 0 Å². The van der Waals surface area contributed by atoms with Crippen molar-refractivity contribution < 1.29 is 9.53 Å². The van der Waals surface area contributed by atoms with Gasteiger partial charge < -0.3 is 19.8 Å². The third-order valence-corrected chi connectivity index (χ3v) is 5.57. The molecule has 2 N–H and O–H groups in total. The first-order chi connectivity index (χ1) is 14.2. The zero-order chi connectivity index (χ0) is 19.8. The van der Waals surface area contributed by atoms with E-state index >= 15 is 0 Å². The maximum atomic E-state index is 11.7. The van der Waals surface area contributed by atoms with Gasteiger partial charge in [0.25, 0.3) is 5.91 Å². The van der Waals surface area contributed by atoms with Gasteiger partial charge in [-0.2, -0.15) is 0 Å². The summed E-state index contributed by atoms with van der Waals surface area (Å²) in [5.41, 5.74) is 5.95. The van der Waals surface area contributed by atoms with Crippen molar-refractivity contribution in [3.05, 3.63) is 47.8 Å². The third kappa shape index (κ3) is 3.59. The first kappa shape index (κ1) is 18.1. The summed E-state index contributed by atoms with van der Waals surface area (Å²) in [6.45, 7) is 7.15. The van der Waals surface area contributed by atoms with Crippen molar-refractivity contribution in [1.29, 1.82) is 0 Å². The van der Waals surface area contributed by atoms with Gasteiger partial charge >= 0.3 is 0 Å². The molecule has 1 saturated heterocycles. The maximum absolute atomic E-state index is 11.7. The number of carbonyl (C=O) groups is 1. The number of nitrogens with one attached hydrogen (secondary N) is 2. The molecular formula is C22H25N5O2. The summed E-state index contributed by atoms with van der Waals surface area (Å²) in [4.78, 5) is 19.2. The molecule has 1 amide bonds. The topological polar surface area (TPSA) is 70.9 Å². The van der Waals surface area contributed by atoms with Crippen LogP contribution in [0.15, 0.2) is 36.5 Å². The number of hydrogen-bond donors (Lipinski definition) is 2. The Kier molecular flexibility index (Phi) is 4.69. The Morgan fingerprint density at radius 2 is 2.10 bits per heavy atom. The van der Waals surface area contributed by atoms with Crippen molar-refractivity contribution >= 4 is 17.2 Å². The first-order valence-electron chi connectivity index (χ1n) is 10.1. The summed E-state index contributed by atoms with van der Waals surface area (Å²) in [5.74, 6) is 0.575. The van der Waals surface area contributed by atoms with E-state index in [-0.39, 0.29) is 12.5 Å². The minimum absolute atomic E-state index is 0.0637. The molecule has 1 fully saturated rings. The van der Waals surface area contributed by atoms with Crippen LogP contribution in [0.3, 0.4) is 0 Å². The highest BCUT2D eigenvalue weighted by Gasteiger charge is 2.21. The van der Waals surface area contributed by atoms with Crippen LogP contribution in [0.5, 0.6) is 5.75 Å². The van der Waals surface area contributed by atoms with Gasteiger partial charge in [0, 0.05) is 31.4 Å². The summed E-state index contributed by atoms with van der Waals surface area (Å²) in [6, 6.07) is 10.1. The smallest absolute Gasteiger partial charge is 0.262 e. The number of pyridine rings is 1. The number of rotatable bonds is 3. The molecule has 2 aliphatic rings. The van der Waals surface area contributed by atoms with Crippen LogP contribution in [0.2, 0.25) is 0 Å². The predicted octanol–water partition coefficient (Wildman–Crippen LogP) is 2.44. The van der Waals surface area contributed by atoms with Crippen LogP contribution in [0.4, 0.5) is 5.69 Å². The SMILES string of the molecule is Cc1ccn2c(CN3CCCNCC3)c(-c3ccc4c(c3)NC(=O)CO4)nc2c1. The summed E-state index contributed by atoms with van der Waals surface area (Å²) in [5, 5.41) is 6.37. The van der Waals surface area contributed by atoms with E-state index in [2.05, 4.69) is 45.2 Å². The van der Waals surface area contributed by atoms with E-state index in [0.717, 1.165) is 56.0 Å². The number of imidazole rings is 1. The molecule has 0 aliphatic carbocycles. The van der Waals surface area contributed by atoms with Crippen molar-refractivity contribution in [1.82, 2.24) is 19.6 Å². The third-order valence-electron chi connectivity index (χ3n) is 5.57.